The minimum Gasteiger partial charge on any atom is -0.496 e. The number of fused-ring (bicyclic) bond motifs is 1. The Kier molecular flexibility index (Phi) is 5.11. The van der Waals surface area contributed by atoms with Crippen LogP contribution in [0.3, 0.4) is 0 Å². The van der Waals surface area contributed by atoms with Gasteiger partial charge in [-0.25, -0.2) is 8.42 Å². The fourth-order valence-corrected chi connectivity index (χ4v) is 4.03. The van der Waals surface area contributed by atoms with Crippen LogP contribution in [0.5, 0.6) is 11.5 Å². The van der Waals surface area contributed by atoms with Gasteiger partial charge < -0.3 is 14.4 Å². The molecule has 0 saturated heterocycles. The Hall–Kier alpha value is -2.25. The second-order valence-electron chi connectivity index (χ2n) is 6.67. The molecule has 0 unspecified atom stereocenters. The summed E-state index contributed by atoms with van der Waals surface area (Å²) in [6.45, 7) is 2.41. The fourth-order valence-electron chi connectivity index (χ4n) is 2.97. The number of rotatable bonds is 5. The lowest BCUT2D eigenvalue weighted by Gasteiger charge is -2.32. The first-order valence-corrected chi connectivity index (χ1v) is 9.88. The zero-order valence-electron chi connectivity index (χ0n) is 15.4. The van der Waals surface area contributed by atoms with Gasteiger partial charge in [-0.05, 0) is 51.7 Å². The van der Waals surface area contributed by atoms with Crippen molar-refractivity contribution in [3.63, 3.8) is 0 Å². The van der Waals surface area contributed by atoms with Crippen LogP contribution in [0.4, 0.5) is 5.69 Å². The molecule has 0 amide bonds. The third-order valence-corrected chi connectivity index (χ3v) is 5.98. The quantitative estimate of drug-likeness (QED) is 0.869. The van der Waals surface area contributed by atoms with Crippen molar-refractivity contribution in [3.05, 3.63) is 47.5 Å². The summed E-state index contributed by atoms with van der Waals surface area (Å²) >= 11 is 0. The Morgan fingerprint density at radius 1 is 1.15 bits per heavy atom. The maximum atomic E-state index is 12.7. The summed E-state index contributed by atoms with van der Waals surface area (Å²) in [4.78, 5) is 2.31. The highest BCUT2D eigenvalue weighted by molar-refractivity contribution is 7.92. The van der Waals surface area contributed by atoms with E-state index in [0.29, 0.717) is 23.8 Å². The predicted molar refractivity (Wildman–Crippen MR) is 102 cm³/mol. The number of benzene rings is 2. The minimum atomic E-state index is -3.69. The normalized spacial score (nSPS) is 16.7. The van der Waals surface area contributed by atoms with Gasteiger partial charge in [-0.3, -0.25) is 4.72 Å². The van der Waals surface area contributed by atoms with E-state index in [0.717, 1.165) is 17.5 Å². The first-order valence-electron chi connectivity index (χ1n) is 8.40. The van der Waals surface area contributed by atoms with E-state index in [-0.39, 0.29) is 10.9 Å². The van der Waals surface area contributed by atoms with Crippen molar-refractivity contribution in [1.29, 1.82) is 0 Å². The highest BCUT2D eigenvalue weighted by Crippen LogP contribution is 2.40. The number of likely N-dealkylation sites (N-methyl/N-ethyl adjacent to an activating group) is 1. The molecule has 1 N–H and O–H groups in total. The lowest BCUT2D eigenvalue weighted by atomic mass is 10.00. The Labute approximate surface area is 154 Å². The van der Waals surface area contributed by atoms with Crippen molar-refractivity contribution in [3.8, 4) is 11.5 Å². The molecule has 3 rings (SSSR count). The number of methoxy groups -OCH3 is 1. The van der Waals surface area contributed by atoms with Crippen LogP contribution in [0, 0.1) is 6.92 Å². The summed E-state index contributed by atoms with van der Waals surface area (Å²) in [6.07, 6.45) is 0.728. The molecular weight excluding hydrogens is 352 g/mol. The van der Waals surface area contributed by atoms with Crippen LogP contribution in [-0.2, 0) is 16.4 Å². The third-order valence-electron chi connectivity index (χ3n) is 4.60. The van der Waals surface area contributed by atoms with E-state index in [9.17, 15) is 8.42 Å². The molecule has 6 nitrogen and oxygen atoms in total. The van der Waals surface area contributed by atoms with Crippen LogP contribution in [0.1, 0.15) is 11.1 Å². The Bertz CT molecular complexity index is 893. The second-order valence-corrected chi connectivity index (χ2v) is 8.36. The van der Waals surface area contributed by atoms with Gasteiger partial charge in [0.2, 0.25) is 0 Å². The SMILES string of the molecule is COc1ccc(NS(=O)(=O)c2ccc(C)cc2)c2c1C[C@@H](N(C)C)CO2. The number of nitrogens with one attached hydrogen (secondary N) is 1. The van der Waals surface area contributed by atoms with E-state index in [1.165, 1.54) is 0 Å². The Morgan fingerprint density at radius 3 is 2.46 bits per heavy atom. The number of hydrogen-bond acceptors (Lipinski definition) is 5. The van der Waals surface area contributed by atoms with Crippen LogP contribution >= 0.6 is 0 Å². The number of anilines is 1. The molecule has 0 aromatic heterocycles. The van der Waals surface area contributed by atoms with Gasteiger partial charge in [0.05, 0.1) is 17.7 Å². The highest BCUT2D eigenvalue weighted by atomic mass is 32.2. The highest BCUT2D eigenvalue weighted by Gasteiger charge is 2.28. The van der Waals surface area contributed by atoms with Crippen LogP contribution in [-0.4, -0.2) is 47.2 Å². The average Bonchev–Trinajstić information content (AvgIpc) is 2.61. The van der Waals surface area contributed by atoms with Gasteiger partial charge >= 0.3 is 0 Å². The summed E-state index contributed by atoms with van der Waals surface area (Å²) in [5, 5.41) is 0. The number of sulfonamides is 1. The maximum Gasteiger partial charge on any atom is 0.262 e. The van der Waals surface area contributed by atoms with Gasteiger partial charge in [0.15, 0.2) is 0 Å². The summed E-state index contributed by atoms with van der Waals surface area (Å²) in [7, 11) is 1.90. The van der Waals surface area contributed by atoms with Crippen LogP contribution in [0.25, 0.3) is 0 Å². The number of nitrogens with zero attached hydrogens (tertiary/aromatic N) is 1. The van der Waals surface area contributed by atoms with Gasteiger partial charge in [0, 0.05) is 11.6 Å². The molecule has 0 fully saturated rings. The van der Waals surface area contributed by atoms with Crippen molar-refractivity contribution in [2.45, 2.75) is 24.3 Å². The van der Waals surface area contributed by atoms with Crippen molar-refractivity contribution in [2.75, 3.05) is 32.5 Å². The first kappa shape index (κ1) is 18.5. The van der Waals surface area contributed by atoms with Gasteiger partial charge in [-0.15, -0.1) is 0 Å². The molecule has 2 aromatic rings. The molecule has 0 saturated carbocycles. The topological polar surface area (TPSA) is 67.9 Å². The lowest BCUT2D eigenvalue weighted by Crippen LogP contribution is -2.38. The largest absolute Gasteiger partial charge is 0.496 e. The van der Waals surface area contributed by atoms with Crippen LogP contribution in [0.15, 0.2) is 41.3 Å². The van der Waals surface area contributed by atoms with Crippen molar-refractivity contribution in [2.24, 2.45) is 0 Å². The van der Waals surface area contributed by atoms with Crippen molar-refractivity contribution in [1.82, 2.24) is 4.90 Å². The summed E-state index contributed by atoms with van der Waals surface area (Å²) in [6, 6.07) is 10.4. The van der Waals surface area contributed by atoms with E-state index in [1.807, 2.05) is 21.0 Å². The fraction of sp³-hybridized carbons (Fsp3) is 0.368. The molecule has 0 bridgehead atoms. The number of ether oxygens (including phenoxy) is 2. The van der Waals surface area contributed by atoms with Crippen molar-refractivity contribution >= 4 is 15.7 Å². The number of hydrogen-bond donors (Lipinski definition) is 1. The van der Waals surface area contributed by atoms with Gasteiger partial charge in [-0.1, -0.05) is 17.7 Å². The molecule has 1 heterocycles. The molecule has 2 aromatic carbocycles. The van der Waals surface area contributed by atoms with Gasteiger partial charge in [0.25, 0.3) is 10.0 Å². The molecule has 7 heteroatoms. The van der Waals surface area contributed by atoms with Gasteiger partial charge in [0.1, 0.15) is 18.1 Å². The summed E-state index contributed by atoms with van der Waals surface area (Å²) in [5.74, 6) is 1.24. The molecule has 0 spiro atoms. The summed E-state index contributed by atoms with van der Waals surface area (Å²) < 4.78 is 39.5. The molecule has 140 valence electrons. The molecule has 0 aliphatic carbocycles. The molecule has 1 aliphatic heterocycles. The average molecular weight is 376 g/mol. The molecule has 0 radical (unpaired) electrons. The van der Waals surface area contributed by atoms with E-state index in [4.69, 9.17) is 9.47 Å². The first-order chi connectivity index (χ1) is 12.3. The minimum absolute atomic E-state index is 0.209. The Morgan fingerprint density at radius 2 is 1.85 bits per heavy atom. The third kappa shape index (κ3) is 3.64. The molecule has 1 atom stereocenters. The smallest absolute Gasteiger partial charge is 0.262 e. The molecule has 1 aliphatic rings. The maximum absolute atomic E-state index is 12.7. The monoisotopic (exact) mass is 376 g/mol. The van der Waals surface area contributed by atoms with Gasteiger partial charge in [-0.2, -0.15) is 0 Å². The molecular formula is C19H24N2O4S. The number of aryl methyl sites for hydroxylation is 1. The zero-order chi connectivity index (χ0) is 18.9. The zero-order valence-corrected chi connectivity index (χ0v) is 16.3. The second kappa shape index (κ2) is 7.17. The lowest BCUT2D eigenvalue weighted by molar-refractivity contribution is 0.164. The van der Waals surface area contributed by atoms with Crippen LogP contribution < -0.4 is 14.2 Å². The standard InChI is InChI=1S/C19H24N2O4S/c1-13-5-7-15(8-6-13)26(22,23)20-17-9-10-18(24-4)16-11-14(21(2)3)12-25-19(16)17/h5-10,14,20H,11-12H2,1-4H3/t14-/m1/s1. The summed E-state index contributed by atoms with van der Waals surface area (Å²) in [5.41, 5.74) is 2.31. The Balaban J connectivity index is 1.97. The van der Waals surface area contributed by atoms with E-state index in [1.54, 1.807) is 43.5 Å². The molecule has 26 heavy (non-hydrogen) atoms. The van der Waals surface area contributed by atoms with E-state index < -0.39 is 10.0 Å². The van der Waals surface area contributed by atoms with E-state index in [2.05, 4.69) is 9.62 Å². The van der Waals surface area contributed by atoms with Crippen LogP contribution in [0.2, 0.25) is 0 Å². The van der Waals surface area contributed by atoms with E-state index >= 15 is 0 Å². The predicted octanol–water partition coefficient (Wildman–Crippen LogP) is 2.67. The van der Waals surface area contributed by atoms with Crippen molar-refractivity contribution < 1.29 is 17.9 Å².